The second kappa shape index (κ2) is 4.05. The fraction of sp³-hybridized carbons (Fsp3) is 0.444. The fourth-order valence-corrected chi connectivity index (χ4v) is 1.84. The summed E-state index contributed by atoms with van der Waals surface area (Å²) in [6, 6.07) is 0. The first-order valence-electron chi connectivity index (χ1n) is 5.29. The monoisotopic (exact) mass is 253 g/mol. The molecule has 3 rings (SSSR count). The van der Waals surface area contributed by atoms with Crippen molar-refractivity contribution < 1.29 is 14.6 Å². The van der Waals surface area contributed by atoms with Gasteiger partial charge in [-0.05, 0) is 0 Å². The van der Waals surface area contributed by atoms with Crippen molar-refractivity contribution in [2.45, 2.75) is 12.5 Å². The number of aromatic amines is 1. The molecule has 0 aliphatic carbocycles. The molecule has 1 unspecified atom stereocenters. The molecule has 4 N–H and O–H groups in total. The Labute approximate surface area is 100 Å². The molecule has 2 aromatic rings. The summed E-state index contributed by atoms with van der Waals surface area (Å²) in [5, 5.41) is 8.92. The van der Waals surface area contributed by atoms with Gasteiger partial charge in [-0.3, -0.25) is 14.3 Å². The number of nitrogen functional groups attached to an aromatic ring is 1. The van der Waals surface area contributed by atoms with Crippen LogP contribution in [0.1, 0.15) is 6.23 Å². The van der Waals surface area contributed by atoms with Gasteiger partial charge in [0.05, 0.1) is 19.5 Å². The largest absolute Gasteiger partial charge is 0.391 e. The Morgan fingerprint density at radius 1 is 1.67 bits per heavy atom. The molecule has 1 aliphatic heterocycles. The van der Waals surface area contributed by atoms with E-state index in [1.54, 1.807) is 4.57 Å². The van der Waals surface area contributed by atoms with Gasteiger partial charge in [-0.15, -0.1) is 0 Å². The van der Waals surface area contributed by atoms with Crippen LogP contribution in [0.2, 0.25) is 0 Å². The minimum Gasteiger partial charge on any atom is -0.391 e. The van der Waals surface area contributed by atoms with Gasteiger partial charge in [0.15, 0.2) is 23.7 Å². The molecule has 1 fully saturated rings. The smallest absolute Gasteiger partial charge is 0.280 e. The van der Waals surface area contributed by atoms with Crippen molar-refractivity contribution >= 4 is 17.1 Å². The van der Waals surface area contributed by atoms with Crippen molar-refractivity contribution in [3.63, 3.8) is 0 Å². The Bertz CT molecular complexity index is 635. The molecule has 0 aromatic carbocycles. The highest BCUT2D eigenvalue weighted by Gasteiger charge is 2.28. The molecular weight excluding hydrogens is 242 g/mol. The van der Waals surface area contributed by atoms with Crippen LogP contribution in [0.4, 0.5) is 5.95 Å². The Hall–Kier alpha value is -1.97. The summed E-state index contributed by atoms with van der Waals surface area (Å²) in [6.07, 6.45) is 0.271. The second-order valence-electron chi connectivity index (χ2n) is 3.81. The van der Waals surface area contributed by atoms with Gasteiger partial charge in [0.1, 0.15) is 0 Å². The van der Waals surface area contributed by atoms with Gasteiger partial charge in [0.2, 0.25) is 5.95 Å². The first-order chi connectivity index (χ1) is 8.69. The Morgan fingerprint density at radius 3 is 3.22 bits per heavy atom. The third-order valence-electron chi connectivity index (χ3n) is 2.64. The molecule has 9 nitrogen and oxygen atoms in total. The van der Waals surface area contributed by atoms with Crippen molar-refractivity contribution in [3.05, 3.63) is 16.7 Å². The number of hydrogen-bond donors (Lipinski definition) is 3. The number of aromatic nitrogens is 4. The third kappa shape index (κ3) is 1.65. The number of ether oxygens (including phenoxy) is 2. The number of aliphatic hydroxyl groups excluding tert-OH is 1. The van der Waals surface area contributed by atoms with Crippen molar-refractivity contribution in [2.75, 3.05) is 18.9 Å². The van der Waals surface area contributed by atoms with Crippen LogP contribution in [0.5, 0.6) is 0 Å². The Balaban J connectivity index is 2.05. The summed E-state index contributed by atoms with van der Waals surface area (Å²) in [7, 11) is 0. The van der Waals surface area contributed by atoms with E-state index in [2.05, 4.69) is 15.0 Å². The van der Waals surface area contributed by atoms with Crippen LogP contribution >= 0.6 is 0 Å². The molecule has 0 saturated carbocycles. The van der Waals surface area contributed by atoms with E-state index < -0.39 is 18.1 Å². The lowest BCUT2D eigenvalue weighted by molar-refractivity contribution is -0.0980. The van der Waals surface area contributed by atoms with E-state index in [9.17, 15) is 4.79 Å². The molecule has 2 atom stereocenters. The van der Waals surface area contributed by atoms with Gasteiger partial charge >= 0.3 is 0 Å². The van der Waals surface area contributed by atoms with Crippen LogP contribution in [0.3, 0.4) is 0 Å². The van der Waals surface area contributed by atoms with Crippen LogP contribution in [-0.2, 0) is 9.47 Å². The van der Waals surface area contributed by atoms with Crippen molar-refractivity contribution in [2.24, 2.45) is 0 Å². The van der Waals surface area contributed by atoms with E-state index in [4.69, 9.17) is 20.3 Å². The lowest BCUT2D eigenvalue weighted by Crippen LogP contribution is -2.16. The molecule has 18 heavy (non-hydrogen) atoms. The number of nitrogens with zero attached hydrogens (tertiary/aromatic N) is 3. The summed E-state index contributed by atoms with van der Waals surface area (Å²) in [6.45, 7) is 0.00432. The van der Waals surface area contributed by atoms with Gasteiger partial charge in [-0.2, -0.15) is 4.98 Å². The highest BCUT2D eigenvalue weighted by Crippen LogP contribution is 2.23. The molecule has 2 aromatic heterocycles. The van der Waals surface area contributed by atoms with Crippen LogP contribution in [0.15, 0.2) is 11.1 Å². The van der Waals surface area contributed by atoms with Gasteiger partial charge < -0.3 is 20.3 Å². The molecular formula is C9H11N5O4. The molecule has 1 aliphatic rings. The SMILES string of the molecule is Nc1nc2c(ncn2[C@H]2COC(CO)O2)c(=O)[nH]1. The summed E-state index contributed by atoms with van der Waals surface area (Å²) in [5.74, 6) is 0.00636. The first-order valence-corrected chi connectivity index (χ1v) is 5.29. The van der Waals surface area contributed by atoms with Crippen LogP contribution in [-0.4, -0.2) is 44.1 Å². The van der Waals surface area contributed by atoms with E-state index >= 15 is 0 Å². The summed E-state index contributed by atoms with van der Waals surface area (Å²) in [5.41, 5.74) is 5.58. The molecule has 0 amide bonds. The molecule has 3 heterocycles. The number of rotatable bonds is 2. The van der Waals surface area contributed by atoms with Crippen molar-refractivity contribution in [3.8, 4) is 0 Å². The number of anilines is 1. The second-order valence-corrected chi connectivity index (χ2v) is 3.81. The quantitative estimate of drug-likeness (QED) is 0.598. The average molecular weight is 253 g/mol. The third-order valence-corrected chi connectivity index (χ3v) is 2.64. The highest BCUT2D eigenvalue weighted by atomic mass is 16.7. The molecule has 96 valence electrons. The van der Waals surface area contributed by atoms with E-state index in [1.807, 2.05) is 0 Å². The zero-order chi connectivity index (χ0) is 12.7. The average Bonchev–Trinajstić information content (AvgIpc) is 2.93. The van der Waals surface area contributed by atoms with E-state index in [0.717, 1.165) is 0 Å². The molecule has 0 bridgehead atoms. The maximum Gasteiger partial charge on any atom is 0.280 e. The predicted octanol–water partition coefficient (Wildman–Crippen LogP) is -1.43. The number of aliphatic hydroxyl groups is 1. The summed E-state index contributed by atoms with van der Waals surface area (Å²) in [4.78, 5) is 21.9. The highest BCUT2D eigenvalue weighted by molar-refractivity contribution is 5.70. The Kier molecular flexibility index (Phi) is 2.51. The lowest BCUT2D eigenvalue weighted by Gasteiger charge is -2.11. The number of imidazole rings is 1. The lowest BCUT2D eigenvalue weighted by atomic mass is 10.5. The van der Waals surface area contributed by atoms with Gasteiger partial charge in [-0.25, -0.2) is 4.98 Å². The van der Waals surface area contributed by atoms with E-state index in [1.165, 1.54) is 6.33 Å². The topological polar surface area (TPSA) is 128 Å². The Morgan fingerprint density at radius 2 is 2.50 bits per heavy atom. The first kappa shape index (κ1) is 11.1. The van der Waals surface area contributed by atoms with Gasteiger partial charge in [0.25, 0.3) is 5.56 Å². The minimum absolute atomic E-state index is 0.00636. The zero-order valence-corrected chi connectivity index (χ0v) is 9.24. The number of H-pyrrole nitrogens is 1. The number of nitrogens with one attached hydrogen (secondary N) is 1. The summed E-state index contributed by atoms with van der Waals surface area (Å²) >= 11 is 0. The van der Waals surface area contributed by atoms with Crippen LogP contribution in [0.25, 0.3) is 11.2 Å². The fourth-order valence-electron chi connectivity index (χ4n) is 1.84. The number of hydrogen-bond acceptors (Lipinski definition) is 7. The number of nitrogens with two attached hydrogens (primary N) is 1. The molecule has 0 radical (unpaired) electrons. The van der Waals surface area contributed by atoms with Gasteiger partial charge in [-0.1, -0.05) is 0 Å². The van der Waals surface area contributed by atoms with E-state index in [0.29, 0.717) is 5.65 Å². The zero-order valence-electron chi connectivity index (χ0n) is 9.24. The minimum atomic E-state index is -0.674. The van der Waals surface area contributed by atoms with Crippen LogP contribution < -0.4 is 11.3 Å². The van der Waals surface area contributed by atoms with Crippen molar-refractivity contribution in [1.82, 2.24) is 19.5 Å². The molecule has 0 spiro atoms. The normalized spacial score (nSPS) is 23.8. The maximum atomic E-state index is 11.6. The van der Waals surface area contributed by atoms with Gasteiger partial charge in [0, 0.05) is 0 Å². The molecule has 1 saturated heterocycles. The summed E-state index contributed by atoms with van der Waals surface area (Å²) < 4.78 is 12.1. The predicted molar refractivity (Wildman–Crippen MR) is 59.5 cm³/mol. The van der Waals surface area contributed by atoms with E-state index in [-0.39, 0.29) is 24.7 Å². The number of fused-ring (bicyclic) bond motifs is 1. The molecule has 9 heteroatoms. The maximum absolute atomic E-state index is 11.6. The van der Waals surface area contributed by atoms with Crippen molar-refractivity contribution in [1.29, 1.82) is 0 Å². The van der Waals surface area contributed by atoms with Crippen LogP contribution in [0, 0.1) is 0 Å². The standard InChI is InChI=1S/C9H11N5O4/c10-9-12-7-6(8(16)13-9)11-3-14(7)4-2-17-5(1-15)18-4/h3-5,15H,1-2H2,(H3,10,12,13,16)/t4-,5?/m1/s1.